The van der Waals surface area contributed by atoms with Gasteiger partial charge in [0.25, 0.3) is 5.91 Å². The number of amides is 2. The third-order valence-corrected chi connectivity index (χ3v) is 4.28. The van der Waals surface area contributed by atoms with E-state index in [4.69, 9.17) is 11.5 Å². The lowest BCUT2D eigenvalue weighted by molar-refractivity contribution is -0.117. The van der Waals surface area contributed by atoms with Gasteiger partial charge in [-0.25, -0.2) is 0 Å². The molecule has 1 aliphatic carbocycles. The van der Waals surface area contributed by atoms with Gasteiger partial charge in [-0.1, -0.05) is 0 Å². The first-order valence-electron chi connectivity index (χ1n) is 6.01. The van der Waals surface area contributed by atoms with Gasteiger partial charge >= 0.3 is 0 Å². The standard InChI is InChI=1S/C12H17N3O2S/c1-6(13)11(17)15-12-9(10(14)16)7-4-2-3-5-8(7)18-12/h6H,2-5,13H2,1H3,(H2,14,16)(H,15,17). The van der Waals surface area contributed by atoms with Gasteiger partial charge in [-0.3, -0.25) is 9.59 Å². The quantitative estimate of drug-likeness (QED) is 0.762. The van der Waals surface area contributed by atoms with Crippen molar-refractivity contribution in [2.24, 2.45) is 11.5 Å². The van der Waals surface area contributed by atoms with Crippen LogP contribution in [0, 0.1) is 0 Å². The molecule has 5 nitrogen and oxygen atoms in total. The van der Waals surface area contributed by atoms with E-state index in [0.717, 1.165) is 36.1 Å². The predicted octanol–water partition coefficient (Wildman–Crippen LogP) is 1.01. The molecule has 0 radical (unpaired) electrons. The van der Waals surface area contributed by atoms with E-state index < -0.39 is 11.9 Å². The molecule has 98 valence electrons. The maximum Gasteiger partial charge on any atom is 0.251 e. The molecule has 1 aliphatic rings. The van der Waals surface area contributed by atoms with Gasteiger partial charge < -0.3 is 16.8 Å². The Morgan fingerprint density at radius 2 is 2.00 bits per heavy atom. The first kappa shape index (κ1) is 13.0. The van der Waals surface area contributed by atoms with Crippen LogP contribution in [0.4, 0.5) is 5.00 Å². The van der Waals surface area contributed by atoms with E-state index in [-0.39, 0.29) is 5.91 Å². The first-order valence-corrected chi connectivity index (χ1v) is 6.83. The molecule has 0 fully saturated rings. The van der Waals surface area contributed by atoms with Crippen molar-refractivity contribution in [2.75, 3.05) is 5.32 Å². The zero-order chi connectivity index (χ0) is 13.3. The Balaban J connectivity index is 2.37. The number of carbonyl (C=O) groups excluding carboxylic acids is 2. The molecule has 1 aromatic heterocycles. The summed E-state index contributed by atoms with van der Waals surface area (Å²) < 4.78 is 0. The van der Waals surface area contributed by atoms with Gasteiger partial charge in [0, 0.05) is 4.88 Å². The number of rotatable bonds is 3. The van der Waals surface area contributed by atoms with E-state index >= 15 is 0 Å². The molecule has 2 rings (SSSR count). The minimum atomic E-state index is -0.607. The number of aryl methyl sites for hydroxylation is 1. The van der Waals surface area contributed by atoms with Crippen LogP contribution in [-0.4, -0.2) is 17.9 Å². The normalized spacial score (nSPS) is 15.9. The maximum atomic E-state index is 11.6. The van der Waals surface area contributed by atoms with Crippen molar-refractivity contribution in [3.63, 3.8) is 0 Å². The van der Waals surface area contributed by atoms with Crippen molar-refractivity contribution < 1.29 is 9.59 Å². The number of thiophene rings is 1. The number of hydrogen-bond acceptors (Lipinski definition) is 4. The average Bonchev–Trinajstić information content (AvgIpc) is 2.66. The Hall–Kier alpha value is -1.40. The predicted molar refractivity (Wildman–Crippen MR) is 71.8 cm³/mol. The summed E-state index contributed by atoms with van der Waals surface area (Å²) in [6.45, 7) is 1.60. The van der Waals surface area contributed by atoms with Crippen LogP contribution in [0.5, 0.6) is 0 Å². The lowest BCUT2D eigenvalue weighted by Crippen LogP contribution is -2.32. The van der Waals surface area contributed by atoms with Crippen LogP contribution in [0.25, 0.3) is 0 Å². The summed E-state index contributed by atoms with van der Waals surface area (Å²) in [6.07, 6.45) is 3.99. The smallest absolute Gasteiger partial charge is 0.251 e. The van der Waals surface area contributed by atoms with Gasteiger partial charge in [-0.15, -0.1) is 11.3 Å². The molecule has 18 heavy (non-hydrogen) atoms. The topological polar surface area (TPSA) is 98.2 Å². The molecule has 0 aliphatic heterocycles. The molecule has 0 aromatic carbocycles. The molecule has 5 N–H and O–H groups in total. The Morgan fingerprint density at radius 3 is 2.61 bits per heavy atom. The van der Waals surface area contributed by atoms with E-state index in [1.54, 1.807) is 6.92 Å². The van der Waals surface area contributed by atoms with Crippen LogP contribution < -0.4 is 16.8 Å². The van der Waals surface area contributed by atoms with Gasteiger partial charge in [-0.2, -0.15) is 0 Å². The highest BCUT2D eigenvalue weighted by molar-refractivity contribution is 7.17. The van der Waals surface area contributed by atoms with Crippen molar-refractivity contribution in [1.29, 1.82) is 0 Å². The zero-order valence-corrected chi connectivity index (χ0v) is 11.1. The Labute approximate surface area is 110 Å². The van der Waals surface area contributed by atoms with E-state index in [2.05, 4.69) is 5.32 Å². The van der Waals surface area contributed by atoms with Crippen LogP contribution >= 0.6 is 11.3 Å². The fourth-order valence-corrected chi connectivity index (χ4v) is 3.44. The van der Waals surface area contributed by atoms with Crippen molar-refractivity contribution >= 4 is 28.2 Å². The summed E-state index contributed by atoms with van der Waals surface area (Å²) in [5.41, 5.74) is 12.4. The second kappa shape index (κ2) is 5.07. The third-order valence-electron chi connectivity index (χ3n) is 3.07. The highest BCUT2D eigenvalue weighted by atomic mass is 32.1. The molecule has 1 unspecified atom stereocenters. The van der Waals surface area contributed by atoms with Crippen LogP contribution in [0.2, 0.25) is 0 Å². The van der Waals surface area contributed by atoms with Crippen LogP contribution in [-0.2, 0) is 17.6 Å². The summed E-state index contributed by atoms with van der Waals surface area (Å²) in [7, 11) is 0. The Kier molecular flexibility index (Phi) is 3.68. The average molecular weight is 267 g/mol. The second-order valence-corrected chi connectivity index (χ2v) is 5.66. The minimum Gasteiger partial charge on any atom is -0.365 e. The molecule has 1 heterocycles. The second-order valence-electron chi connectivity index (χ2n) is 4.56. The van der Waals surface area contributed by atoms with Crippen molar-refractivity contribution in [3.05, 3.63) is 16.0 Å². The van der Waals surface area contributed by atoms with Gasteiger partial charge in [0.1, 0.15) is 5.00 Å². The molecule has 0 saturated heterocycles. The highest BCUT2D eigenvalue weighted by Crippen LogP contribution is 2.37. The SMILES string of the molecule is CC(N)C(=O)Nc1sc2c(c1C(N)=O)CCCC2. The summed E-state index contributed by atoms with van der Waals surface area (Å²) in [5.74, 6) is -0.773. The molecular formula is C12H17N3O2S. The van der Waals surface area contributed by atoms with Gasteiger partial charge in [-0.05, 0) is 38.2 Å². The summed E-state index contributed by atoms with van der Waals surface area (Å²) >= 11 is 1.45. The number of nitrogens with two attached hydrogens (primary N) is 2. The summed E-state index contributed by atoms with van der Waals surface area (Å²) in [5, 5.41) is 3.25. The maximum absolute atomic E-state index is 11.6. The third kappa shape index (κ3) is 2.39. The fourth-order valence-electron chi connectivity index (χ4n) is 2.14. The van der Waals surface area contributed by atoms with Crippen molar-refractivity contribution in [2.45, 2.75) is 38.6 Å². The molecule has 1 atom stereocenters. The van der Waals surface area contributed by atoms with E-state index in [0.29, 0.717) is 10.6 Å². The van der Waals surface area contributed by atoms with Gasteiger partial charge in [0.15, 0.2) is 0 Å². The van der Waals surface area contributed by atoms with Crippen molar-refractivity contribution in [3.8, 4) is 0 Å². The fraction of sp³-hybridized carbons (Fsp3) is 0.500. The van der Waals surface area contributed by atoms with E-state index in [1.165, 1.54) is 11.3 Å². The van der Waals surface area contributed by atoms with E-state index in [1.807, 2.05) is 0 Å². The van der Waals surface area contributed by atoms with Crippen LogP contribution in [0.15, 0.2) is 0 Å². The molecule has 0 saturated carbocycles. The number of primary amides is 1. The first-order chi connectivity index (χ1) is 8.50. The lowest BCUT2D eigenvalue weighted by Gasteiger charge is -2.11. The molecule has 1 aromatic rings. The Morgan fingerprint density at radius 1 is 1.33 bits per heavy atom. The largest absolute Gasteiger partial charge is 0.365 e. The molecular weight excluding hydrogens is 250 g/mol. The van der Waals surface area contributed by atoms with Gasteiger partial charge in [0.05, 0.1) is 11.6 Å². The molecule has 6 heteroatoms. The monoisotopic (exact) mass is 267 g/mol. The minimum absolute atomic E-state index is 0.295. The number of fused-ring (bicyclic) bond motifs is 1. The van der Waals surface area contributed by atoms with Crippen LogP contribution in [0.3, 0.4) is 0 Å². The van der Waals surface area contributed by atoms with Crippen LogP contribution in [0.1, 0.15) is 40.6 Å². The van der Waals surface area contributed by atoms with Gasteiger partial charge in [0.2, 0.25) is 5.91 Å². The highest BCUT2D eigenvalue weighted by Gasteiger charge is 2.25. The lowest BCUT2D eigenvalue weighted by atomic mass is 9.95. The number of carbonyl (C=O) groups is 2. The zero-order valence-electron chi connectivity index (χ0n) is 10.3. The molecule has 0 bridgehead atoms. The summed E-state index contributed by atoms with van der Waals surface area (Å²) in [4.78, 5) is 24.3. The van der Waals surface area contributed by atoms with E-state index in [9.17, 15) is 9.59 Å². The molecule has 2 amide bonds. The molecule has 0 spiro atoms. The van der Waals surface area contributed by atoms with Crippen molar-refractivity contribution in [1.82, 2.24) is 0 Å². The number of hydrogen-bond donors (Lipinski definition) is 3. The number of anilines is 1. The summed E-state index contributed by atoms with van der Waals surface area (Å²) in [6, 6.07) is -0.607. The number of nitrogens with one attached hydrogen (secondary N) is 1. The Bertz CT molecular complexity index is 494.